The molecular weight excluding hydrogens is 428 g/mol. The van der Waals surface area contributed by atoms with Gasteiger partial charge in [0.05, 0.1) is 36.4 Å². The Bertz CT molecular complexity index is 1360. The number of aromatic nitrogens is 4. The Morgan fingerprint density at radius 2 is 1.97 bits per heavy atom. The van der Waals surface area contributed by atoms with Gasteiger partial charge in [0.15, 0.2) is 11.4 Å². The van der Waals surface area contributed by atoms with Crippen LogP contribution in [0.3, 0.4) is 0 Å². The van der Waals surface area contributed by atoms with Crippen molar-refractivity contribution in [2.24, 2.45) is 5.92 Å². The minimum Gasteiger partial charge on any atom is -0.383 e. The number of nitrogens with two attached hydrogens (primary N) is 1. The van der Waals surface area contributed by atoms with Crippen molar-refractivity contribution in [2.45, 2.75) is 25.3 Å². The van der Waals surface area contributed by atoms with E-state index in [0.29, 0.717) is 30.2 Å². The smallest absolute Gasteiger partial charge is 0.165 e. The highest BCUT2D eigenvalue weighted by atomic mass is 16.5. The molecule has 6 heterocycles. The maximum atomic E-state index is 12.7. The molecule has 3 fully saturated rings. The van der Waals surface area contributed by atoms with Crippen LogP contribution in [0.2, 0.25) is 0 Å². The molecule has 0 radical (unpaired) electrons. The molecule has 0 saturated carbocycles. The van der Waals surface area contributed by atoms with Crippen molar-refractivity contribution in [3.8, 4) is 22.4 Å². The van der Waals surface area contributed by atoms with E-state index in [1.54, 1.807) is 17.6 Å². The normalized spacial score (nSPS) is 22.1. The molecule has 3 atom stereocenters. The number of anilines is 1. The van der Waals surface area contributed by atoms with Gasteiger partial charge in [0, 0.05) is 47.3 Å². The Balaban J connectivity index is 1.47. The van der Waals surface area contributed by atoms with Crippen LogP contribution in [0.5, 0.6) is 0 Å². The molecule has 0 aliphatic carbocycles. The second-order valence-electron chi connectivity index (χ2n) is 9.15. The predicted molar refractivity (Wildman–Crippen MR) is 130 cm³/mol. The predicted octanol–water partition coefficient (Wildman–Crippen LogP) is 3.34. The minimum atomic E-state index is -0.0955. The number of nitrogens with zero attached hydrogens (tertiary/aromatic N) is 4. The molecule has 0 amide bonds. The first-order chi connectivity index (χ1) is 16.6. The van der Waals surface area contributed by atoms with Gasteiger partial charge >= 0.3 is 0 Å². The fourth-order valence-electron chi connectivity index (χ4n) is 5.24. The van der Waals surface area contributed by atoms with Crippen LogP contribution in [-0.4, -0.2) is 51.2 Å². The zero-order valence-corrected chi connectivity index (χ0v) is 18.9. The van der Waals surface area contributed by atoms with Gasteiger partial charge in [0.2, 0.25) is 0 Å². The van der Waals surface area contributed by atoms with Crippen LogP contribution < -0.4 is 11.1 Å². The number of fused-ring (bicyclic) bond motifs is 5. The molecule has 3 N–H and O–H groups in total. The standard InChI is InChI=1S/C26H26N6O2/c1-15(33)23-24(20-9-19-14-34-13-18(20)11-28-19)31-26-21(12-30-32(26)25(23)27)17-7-8-22(29-10-17)16-5-3-2-4-6-16/h2-8,10,12,18-20,28H,9,11,13-14,27H2,1H3. The van der Waals surface area contributed by atoms with Gasteiger partial charge in [0.25, 0.3) is 0 Å². The Morgan fingerprint density at radius 1 is 1.12 bits per heavy atom. The first kappa shape index (κ1) is 20.9. The van der Waals surface area contributed by atoms with Crippen molar-refractivity contribution < 1.29 is 9.53 Å². The highest BCUT2D eigenvalue weighted by Crippen LogP contribution is 2.39. The van der Waals surface area contributed by atoms with Crippen molar-refractivity contribution in [3.05, 3.63) is 66.1 Å². The van der Waals surface area contributed by atoms with E-state index in [2.05, 4.69) is 15.4 Å². The molecule has 3 aliphatic rings. The number of piperidine rings is 1. The van der Waals surface area contributed by atoms with Crippen LogP contribution in [0.1, 0.15) is 35.3 Å². The van der Waals surface area contributed by atoms with Gasteiger partial charge in [-0.3, -0.25) is 9.78 Å². The number of carbonyl (C=O) groups is 1. The number of pyridine rings is 1. The van der Waals surface area contributed by atoms with Gasteiger partial charge in [-0.15, -0.1) is 0 Å². The lowest BCUT2D eigenvalue weighted by atomic mass is 9.80. The number of Topliss-reactive ketones (excluding diaryl/α,β-unsaturated/α-hetero) is 1. The molecule has 0 spiro atoms. The van der Waals surface area contributed by atoms with Gasteiger partial charge in [-0.25, -0.2) is 4.98 Å². The lowest BCUT2D eigenvalue weighted by molar-refractivity contribution is 0.101. The molecule has 3 aliphatic heterocycles. The van der Waals surface area contributed by atoms with Gasteiger partial charge in [-0.05, 0) is 19.4 Å². The molecule has 34 heavy (non-hydrogen) atoms. The SMILES string of the molecule is CC(=O)c1c(C2CC3COCC2CN3)nc2c(-c3ccc(-c4ccccc4)nc3)cnn2c1N. The number of ether oxygens (including phenoxy) is 1. The molecule has 8 nitrogen and oxygen atoms in total. The number of ketones is 1. The van der Waals surface area contributed by atoms with Crippen molar-refractivity contribution in [3.63, 3.8) is 0 Å². The molecule has 172 valence electrons. The molecular formula is C26H26N6O2. The summed E-state index contributed by atoms with van der Waals surface area (Å²) in [6.45, 7) is 3.71. The highest BCUT2D eigenvalue weighted by molar-refractivity contribution is 6.00. The van der Waals surface area contributed by atoms with E-state index in [1.807, 2.05) is 48.7 Å². The molecule has 1 aromatic carbocycles. The third-order valence-corrected chi connectivity index (χ3v) is 6.99. The average Bonchev–Trinajstić information content (AvgIpc) is 3.02. The summed E-state index contributed by atoms with van der Waals surface area (Å²) in [5, 5.41) is 8.02. The van der Waals surface area contributed by atoms with E-state index in [-0.39, 0.29) is 23.7 Å². The largest absolute Gasteiger partial charge is 0.383 e. The van der Waals surface area contributed by atoms with E-state index in [9.17, 15) is 4.79 Å². The highest BCUT2D eigenvalue weighted by Gasteiger charge is 2.38. The summed E-state index contributed by atoms with van der Waals surface area (Å²) in [6, 6.07) is 14.3. The number of carbonyl (C=O) groups excluding carboxylic acids is 1. The van der Waals surface area contributed by atoms with Gasteiger partial charge < -0.3 is 15.8 Å². The van der Waals surface area contributed by atoms with Crippen molar-refractivity contribution in [1.82, 2.24) is 24.9 Å². The Morgan fingerprint density at radius 3 is 2.74 bits per heavy atom. The summed E-state index contributed by atoms with van der Waals surface area (Å²) in [5.41, 5.74) is 12.1. The fourth-order valence-corrected chi connectivity index (χ4v) is 5.24. The maximum Gasteiger partial charge on any atom is 0.165 e. The van der Waals surface area contributed by atoms with Crippen LogP contribution in [0.4, 0.5) is 5.82 Å². The van der Waals surface area contributed by atoms with Gasteiger partial charge in [-0.2, -0.15) is 9.61 Å². The summed E-state index contributed by atoms with van der Waals surface area (Å²) in [7, 11) is 0. The zero-order valence-electron chi connectivity index (χ0n) is 18.9. The quantitative estimate of drug-likeness (QED) is 0.456. The summed E-state index contributed by atoms with van der Waals surface area (Å²) in [6.07, 6.45) is 4.45. The summed E-state index contributed by atoms with van der Waals surface area (Å²) < 4.78 is 7.42. The molecule has 4 aromatic rings. The second kappa shape index (κ2) is 8.30. The van der Waals surface area contributed by atoms with Gasteiger partial charge in [0.1, 0.15) is 5.82 Å². The van der Waals surface area contributed by atoms with Crippen LogP contribution in [0, 0.1) is 5.92 Å². The van der Waals surface area contributed by atoms with E-state index in [4.69, 9.17) is 15.5 Å². The van der Waals surface area contributed by atoms with E-state index < -0.39 is 0 Å². The molecule has 8 heteroatoms. The first-order valence-corrected chi connectivity index (χ1v) is 11.6. The van der Waals surface area contributed by atoms with E-state index in [1.165, 1.54) is 0 Å². The van der Waals surface area contributed by atoms with Crippen LogP contribution >= 0.6 is 0 Å². The summed E-state index contributed by atoms with van der Waals surface area (Å²) in [5.74, 6) is 0.578. The minimum absolute atomic E-state index is 0.0955. The van der Waals surface area contributed by atoms with Crippen LogP contribution in [-0.2, 0) is 4.74 Å². The maximum absolute atomic E-state index is 12.7. The van der Waals surface area contributed by atoms with Crippen molar-refractivity contribution in [1.29, 1.82) is 0 Å². The molecule has 2 bridgehead atoms. The number of nitrogens with one attached hydrogen (secondary N) is 1. The van der Waals surface area contributed by atoms with Gasteiger partial charge in [-0.1, -0.05) is 36.4 Å². The zero-order chi connectivity index (χ0) is 23.2. The molecule has 7 rings (SSSR count). The second-order valence-corrected chi connectivity index (χ2v) is 9.15. The Labute approximate surface area is 197 Å². The van der Waals surface area contributed by atoms with E-state index >= 15 is 0 Å². The monoisotopic (exact) mass is 454 g/mol. The molecule has 3 unspecified atom stereocenters. The first-order valence-electron chi connectivity index (χ1n) is 11.6. The number of benzene rings is 1. The summed E-state index contributed by atoms with van der Waals surface area (Å²) >= 11 is 0. The third kappa shape index (κ3) is 3.46. The number of hydrogen-bond acceptors (Lipinski definition) is 7. The fraction of sp³-hybridized carbons (Fsp3) is 0.308. The third-order valence-electron chi connectivity index (χ3n) is 6.99. The van der Waals surface area contributed by atoms with Crippen LogP contribution in [0.25, 0.3) is 28.0 Å². The number of rotatable bonds is 4. The van der Waals surface area contributed by atoms with Crippen molar-refractivity contribution >= 4 is 17.2 Å². The van der Waals surface area contributed by atoms with Crippen LogP contribution in [0.15, 0.2) is 54.9 Å². The van der Waals surface area contributed by atoms with E-state index in [0.717, 1.165) is 41.0 Å². The number of hydrogen-bond donors (Lipinski definition) is 2. The molecule has 3 aromatic heterocycles. The lowest BCUT2D eigenvalue weighted by Gasteiger charge is -2.33. The average molecular weight is 455 g/mol. The topological polar surface area (TPSA) is 107 Å². The Hall–Kier alpha value is -3.62. The summed E-state index contributed by atoms with van der Waals surface area (Å²) in [4.78, 5) is 22.4. The lowest BCUT2D eigenvalue weighted by Crippen LogP contribution is -2.43. The number of nitrogen functional groups attached to an aromatic ring is 1. The Kier molecular flexibility index (Phi) is 5.12. The molecule has 3 saturated heterocycles. The van der Waals surface area contributed by atoms with Crippen molar-refractivity contribution in [2.75, 3.05) is 25.5 Å².